The van der Waals surface area contributed by atoms with Gasteiger partial charge in [-0.15, -0.1) is 0 Å². The van der Waals surface area contributed by atoms with Gasteiger partial charge in [0, 0.05) is 38.6 Å². The fourth-order valence-corrected chi connectivity index (χ4v) is 5.44. The third kappa shape index (κ3) is 3.61. The van der Waals surface area contributed by atoms with Crippen LogP contribution in [0.5, 0.6) is 0 Å². The summed E-state index contributed by atoms with van der Waals surface area (Å²) in [4.78, 5) is 19.0. The highest BCUT2D eigenvalue weighted by Crippen LogP contribution is 2.27. The van der Waals surface area contributed by atoms with E-state index in [9.17, 15) is 13.2 Å². The lowest BCUT2D eigenvalue weighted by atomic mass is 9.95. The van der Waals surface area contributed by atoms with E-state index in [1.807, 2.05) is 17.0 Å². The first kappa shape index (κ1) is 18.1. The molecule has 0 aliphatic carbocycles. The molecule has 3 heterocycles. The molecule has 0 radical (unpaired) electrons. The minimum Gasteiger partial charge on any atom is -0.338 e. The summed E-state index contributed by atoms with van der Waals surface area (Å²) in [6.45, 7) is 2.00. The third-order valence-electron chi connectivity index (χ3n) is 5.45. The van der Waals surface area contributed by atoms with Crippen LogP contribution >= 0.6 is 0 Å². The molecule has 0 N–H and O–H groups in total. The van der Waals surface area contributed by atoms with E-state index in [-0.39, 0.29) is 23.3 Å². The van der Waals surface area contributed by atoms with Gasteiger partial charge in [0.15, 0.2) is 0 Å². The first-order valence-electron chi connectivity index (χ1n) is 9.31. The monoisotopic (exact) mass is 385 g/mol. The summed E-state index contributed by atoms with van der Waals surface area (Å²) in [6, 6.07) is 11.4. The number of nitrogens with zero attached hydrogens (tertiary/aromatic N) is 3. The van der Waals surface area contributed by atoms with Crippen LogP contribution in [0.2, 0.25) is 0 Å². The molecule has 1 fully saturated rings. The number of fused-ring (bicyclic) bond motifs is 1. The van der Waals surface area contributed by atoms with Crippen molar-refractivity contribution in [3.8, 4) is 0 Å². The molecule has 1 aromatic carbocycles. The van der Waals surface area contributed by atoms with Crippen molar-refractivity contribution >= 4 is 15.9 Å². The molecular formula is C20H23N3O3S. The van der Waals surface area contributed by atoms with Gasteiger partial charge >= 0.3 is 0 Å². The molecule has 2 aliphatic heterocycles. The fourth-order valence-electron chi connectivity index (χ4n) is 3.95. The van der Waals surface area contributed by atoms with Gasteiger partial charge in [-0.05, 0) is 42.5 Å². The predicted molar refractivity (Wildman–Crippen MR) is 101 cm³/mol. The molecule has 6 nitrogen and oxygen atoms in total. The molecule has 1 atom stereocenters. The van der Waals surface area contributed by atoms with Gasteiger partial charge in [0.2, 0.25) is 15.9 Å². The topological polar surface area (TPSA) is 70.6 Å². The van der Waals surface area contributed by atoms with Crippen LogP contribution in [0.1, 0.15) is 24.0 Å². The first-order valence-corrected chi connectivity index (χ1v) is 10.8. The Hall–Kier alpha value is -2.25. The zero-order valence-electron chi connectivity index (χ0n) is 15.1. The molecular weight excluding hydrogens is 362 g/mol. The standard InChI is InChI=1S/C20H23N3O3S/c24-20(22-12-9-16-5-1-2-6-17(16)14-22)18-7-4-11-23(15-18)27(25,26)19-8-3-10-21-13-19/h1-3,5-6,8,10,13,18H,4,7,9,11-12,14-15H2. The second kappa shape index (κ2) is 7.40. The van der Waals surface area contributed by atoms with Gasteiger partial charge in [-0.2, -0.15) is 4.31 Å². The van der Waals surface area contributed by atoms with Crippen LogP contribution in [-0.2, 0) is 27.8 Å². The van der Waals surface area contributed by atoms with E-state index >= 15 is 0 Å². The largest absolute Gasteiger partial charge is 0.338 e. The lowest BCUT2D eigenvalue weighted by molar-refractivity contribution is -0.137. The van der Waals surface area contributed by atoms with Crippen molar-refractivity contribution in [2.24, 2.45) is 5.92 Å². The molecule has 27 heavy (non-hydrogen) atoms. The fraction of sp³-hybridized carbons (Fsp3) is 0.400. The van der Waals surface area contributed by atoms with Crippen molar-refractivity contribution in [1.29, 1.82) is 0 Å². The van der Waals surface area contributed by atoms with E-state index in [0.29, 0.717) is 26.1 Å². The van der Waals surface area contributed by atoms with Crippen LogP contribution in [0.3, 0.4) is 0 Å². The summed E-state index contributed by atoms with van der Waals surface area (Å²) >= 11 is 0. The van der Waals surface area contributed by atoms with Crippen LogP contribution < -0.4 is 0 Å². The maximum atomic E-state index is 13.1. The van der Waals surface area contributed by atoms with Gasteiger partial charge < -0.3 is 4.90 Å². The van der Waals surface area contributed by atoms with Gasteiger partial charge in [-0.25, -0.2) is 8.42 Å². The highest BCUT2D eigenvalue weighted by molar-refractivity contribution is 7.89. The van der Waals surface area contributed by atoms with Crippen LogP contribution in [0.25, 0.3) is 0 Å². The van der Waals surface area contributed by atoms with Crippen molar-refractivity contribution in [1.82, 2.24) is 14.2 Å². The van der Waals surface area contributed by atoms with Crippen molar-refractivity contribution < 1.29 is 13.2 Å². The van der Waals surface area contributed by atoms with Gasteiger partial charge in [-0.3, -0.25) is 9.78 Å². The number of hydrogen-bond donors (Lipinski definition) is 0. The molecule has 1 saturated heterocycles. The minimum absolute atomic E-state index is 0.0654. The van der Waals surface area contributed by atoms with E-state index in [4.69, 9.17) is 0 Å². The maximum absolute atomic E-state index is 13.1. The number of carbonyl (C=O) groups is 1. The van der Waals surface area contributed by atoms with Crippen LogP contribution in [0.15, 0.2) is 53.7 Å². The molecule has 2 aromatic rings. The number of sulfonamides is 1. The van der Waals surface area contributed by atoms with Gasteiger partial charge in [0.25, 0.3) is 0 Å². The summed E-state index contributed by atoms with van der Waals surface area (Å²) in [5.41, 5.74) is 2.48. The number of carbonyl (C=O) groups excluding carboxylic acids is 1. The van der Waals surface area contributed by atoms with Crippen molar-refractivity contribution in [3.05, 3.63) is 59.9 Å². The molecule has 1 amide bonds. The third-order valence-corrected chi connectivity index (χ3v) is 7.30. The Labute approximate surface area is 159 Å². The quantitative estimate of drug-likeness (QED) is 0.811. The van der Waals surface area contributed by atoms with E-state index in [2.05, 4.69) is 17.1 Å². The molecule has 2 aliphatic rings. The average Bonchev–Trinajstić information content (AvgIpc) is 2.73. The Kier molecular flexibility index (Phi) is 4.97. The van der Waals surface area contributed by atoms with Gasteiger partial charge in [0.1, 0.15) is 4.90 Å². The number of benzene rings is 1. The minimum atomic E-state index is -3.61. The zero-order valence-corrected chi connectivity index (χ0v) is 15.9. The maximum Gasteiger partial charge on any atom is 0.244 e. The van der Waals surface area contributed by atoms with E-state index in [1.54, 1.807) is 18.3 Å². The summed E-state index contributed by atoms with van der Waals surface area (Å²) < 4.78 is 27.2. The zero-order chi connectivity index (χ0) is 18.9. The van der Waals surface area contributed by atoms with E-state index < -0.39 is 10.0 Å². The van der Waals surface area contributed by atoms with E-state index in [0.717, 1.165) is 12.8 Å². The Balaban J connectivity index is 1.48. The lowest BCUT2D eigenvalue weighted by Gasteiger charge is -2.36. The molecule has 4 rings (SSSR count). The van der Waals surface area contributed by atoms with Gasteiger partial charge in [0.05, 0.1) is 5.92 Å². The Morgan fingerprint density at radius 2 is 1.89 bits per heavy atom. The lowest BCUT2D eigenvalue weighted by Crippen LogP contribution is -2.47. The molecule has 7 heteroatoms. The van der Waals surface area contributed by atoms with Crippen LogP contribution in [0.4, 0.5) is 0 Å². The van der Waals surface area contributed by atoms with E-state index in [1.165, 1.54) is 21.6 Å². The summed E-state index contributed by atoms with van der Waals surface area (Å²) in [5.74, 6) is -0.217. The van der Waals surface area contributed by atoms with Gasteiger partial charge in [-0.1, -0.05) is 24.3 Å². The Bertz CT molecular complexity index is 930. The molecule has 1 unspecified atom stereocenters. The molecule has 142 valence electrons. The molecule has 0 spiro atoms. The second-order valence-corrected chi connectivity index (χ2v) is 9.11. The Morgan fingerprint density at radius 1 is 1.07 bits per heavy atom. The van der Waals surface area contributed by atoms with Crippen LogP contribution in [-0.4, -0.2) is 48.1 Å². The number of pyridine rings is 1. The number of piperidine rings is 1. The number of aromatic nitrogens is 1. The number of amides is 1. The first-order chi connectivity index (χ1) is 13.1. The summed E-state index contributed by atoms with van der Waals surface area (Å²) in [5, 5.41) is 0. The molecule has 0 saturated carbocycles. The second-order valence-electron chi connectivity index (χ2n) is 7.17. The van der Waals surface area contributed by atoms with Crippen LogP contribution in [0, 0.1) is 5.92 Å². The SMILES string of the molecule is O=C(C1CCCN(S(=O)(=O)c2cccnc2)C1)N1CCc2ccccc2C1. The highest BCUT2D eigenvalue weighted by Gasteiger charge is 2.35. The van der Waals surface area contributed by atoms with Crippen molar-refractivity contribution in [3.63, 3.8) is 0 Å². The smallest absolute Gasteiger partial charge is 0.244 e. The highest BCUT2D eigenvalue weighted by atomic mass is 32.2. The molecule has 0 bridgehead atoms. The number of rotatable bonds is 3. The predicted octanol–water partition coefficient (Wildman–Crippen LogP) is 2.07. The summed E-state index contributed by atoms with van der Waals surface area (Å²) in [7, 11) is -3.61. The van der Waals surface area contributed by atoms with Crippen molar-refractivity contribution in [2.75, 3.05) is 19.6 Å². The number of hydrogen-bond acceptors (Lipinski definition) is 4. The normalized spacial score (nSPS) is 20.9. The Morgan fingerprint density at radius 3 is 2.67 bits per heavy atom. The molecule has 1 aromatic heterocycles. The average molecular weight is 385 g/mol. The summed E-state index contributed by atoms with van der Waals surface area (Å²) in [6.07, 6.45) is 5.20. The van der Waals surface area contributed by atoms with Crippen molar-refractivity contribution in [2.45, 2.75) is 30.7 Å².